The summed E-state index contributed by atoms with van der Waals surface area (Å²) in [5, 5.41) is 3.89. The second kappa shape index (κ2) is 9.80. The normalized spacial score (nSPS) is 16.3. The summed E-state index contributed by atoms with van der Waals surface area (Å²) in [6.07, 6.45) is 6.63. The lowest BCUT2D eigenvalue weighted by atomic mass is 9.97. The highest BCUT2D eigenvalue weighted by Crippen LogP contribution is 2.40. The molecule has 2 aromatic rings. The fraction of sp³-hybridized carbons (Fsp3) is 0.636. The number of urea groups is 1. The average molecular weight is 446 g/mol. The fourth-order valence-electron chi connectivity index (χ4n) is 4.34. The van der Waals surface area contributed by atoms with Gasteiger partial charge in [0.25, 0.3) is 0 Å². The Balaban J connectivity index is 1.50. The van der Waals surface area contributed by atoms with E-state index in [9.17, 15) is 9.59 Å². The lowest BCUT2D eigenvalue weighted by Gasteiger charge is -2.35. The maximum atomic E-state index is 12.4. The van der Waals surface area contributed by atoms with Crippen LogP contribution in [0, 0.1) is 0 Å². The predicted molar refractivity (Wildman–Crippen MR) is 122 cm³/mol. The highest BCUT2D eigenvalue weighted by molar-refractivity contribution is 7.19. The monoisotopic (exact) mass is 445 g/mol. The molecule has 1 fully saturated rings. The minimum absolute atomic E-state index is 0.0964. The van der Waals surface area contributed by atoms with Gasteiger partial charge in [0, 0.05) is 37.5 Å². The van der Waals surface area contributed by atoms with Crippen molar-refractivity contribution in [3.05, 3.63) is 16.3 Å². The third-order valence-corrected chi connectivity index (χ3v) is 7.06. The lowest BCUT2D eigenvalue weighted by molar-refractivity contribution is -0.141. The molecular weight excluding hydrogens is 414 g/mol. The number of carbonyl (C=O) groups excluding carboxylic acids is 2. The highest BCUT2D eigenvalue weighted by Gasteiger charge is 2.27. The lowest BCUT2D eigenvalue weighted by Crippen LogP contribution is -2.52. The first kappa shape index (κ1) is 21.8. The largest absolute Gasteiger partial charge is 0.465 e. The van der Waals surface area contributed by atoms with Crippen molar-refractivity contribution in [2.24, 2.45) is 0 Å². The first-order valence-corrected chi connectivity index (χ1v) is 12.2. The van der Waals surface area contributed by atoms with Gasteiger partial charge in [-0.05, 0) is 44.6 Å². The zero-order valence-electron chi connectivity index (χ0n) is 18.4. The standard InChI is InChI=1S/C22H31N5O3S/c1-3-7-17-24-20(19-15-8-5-6-9-16(15)31-21(19)25-17)26-10-12-27(13-11-26)22(29)23-14-18(28)30-4-2/h3-14H2,1-2H3,(H,23,29). The molecule has 0 saturated carbocycles. The minimum atomic E-state index is -0.413. The van der Waals surface area contributed by atoms with Crippen molar-refractivity contribution >= 4 is 39.4 Å². The molecule has 3 heterocycles. The van der Waals surface area contributed by atoms with Gasteiger partial charge in [0.05, 0.1) is 12.0 Å². The van der Waals surface area contributed by atoms with Gasteiger partial charge >= 0.3 is 12.0 Å². The van der Waals surface area contributed by atoms with Crippen molar-refractivity contribution in [1.29, 1.82) is 0 Å². The van der Waals surface area contributed by atoms with E-state index in [0.29, 0.717) is 19.7 Å². The summed E-state index contributed by atoms with van der Waals surface area (Å²) in [6.45, 7) is 6.74. The second-order valence-electron chi connectivity index (χ2n) is 8.04. The molecule has 9 heteroatoms. The number of amides is 2. The number of thiophene rings is 1. The molecule has 168 valence electrons. The van der Waals surface area contributed by atoms with Crippen LogP contribution in [-0.2, 0) is 28.8 Å². The van der Waals surface area contributed by atoms with Crippen LogP contribution in [0.5, 0.6) is 0 Å². The van der Waals surface area contributed by atoms with Crippen LogP contribution in [0.15, 0.2) is 0 Å². The number of aryl methyl sites for hydroxylation is 3. The van der Waals surface area contributed by atoms with Gasteiger partial charge in [-0.2, -0.15) is 0 Å². The summed E-state index contributed by atoms with van der Waals surface area (Å²) in [5.74, 6) is 1.54. The van der Waals surface area contributed by atoms with Crippen LogP contribution in [0.2, 0.25) is 0 Å². The van der Waals surface area contributed by atoms with E-state index in [1.807, 2.05) is 11.3 Å². The first-order valence-electron chi connectivity index (χ1n) is 11.3. The summed E-state index contributed by atoms with van der Waals surface area (Å²) in [7, 11) is 0. The molecule has 8 nitrogen and oxygen atoms in total. The molecule has 2 aliphatic rings. The second-order valence-corrected chi connectivity index (χ2v) is 9.13. The van der Waals surface area contributed by atoms with Crippen molar-refractivity contribution in [2.75, 3.05) is 44.2 Å². The van der Waals surface area contributed by atoms with Gasteiger partial charge in [-0.1, -0.05) is 6.92 Å². The molecule has 0 unspecified atom stereocenters. The maximum absolute atomic E-state index is 12.4. The van der Waals surface area contributed by atoms with Crippen molar-refractivity contribution < 1.29 is 14.3 Å². The molecule has 1 saturated heterocycles. The third kappa shape index (κ3) is 4.76. The number of nitrogens with zero attached hydrogens (tertiary/aromatic N) is 4. The number of anilines is 1. The topological polar surface area (TPSA) is 87.7 Å². The van der Waals surface area contributed by atoms with Gasteiger partial charge < -0.3 is 19.9 Å². The molecule has 1 aliphatic carbocycles. The van der Waals surface area contributed by atoms with Gasteiger partial charge in [0.2, 0.25) is 0 Å². The molecule has 0 atom stereocenters. The molecule has 0 aromatic carbocycles. The molecule has 0 bridgehead atoms. The molecular formula is C22H31N5O3S. The van der Waals surface area contributed by atoms with Gasteiger partial charge in [0.15, 0.2) is 0 Å². The van der Waals surface area contributed by atoms with Crippen LogP contribution in [0.3, 0.4) is 0 Å². The quantitative estimate of drug-likeness (QED) is 0.688. The SMILES string of the molecule is CCCc1nc(N2CCN(C(=O)NCC(=O)OCC)CC2)c2c3c(sc2n1)CCCC3. The van der Waals surface area contributed by atoms with E-state index in [0.717, 1.165) is 55.2 Å². The van der Waals surface area contributed by atoms with Crippen molar-refractivity contribution in [3.63, 3.8) is 0 Å². The van der Waals surface area contributed by atoms with E-state index >= 15 is 0 Å². The number of nitrogens with one attached hydrogen (secondary N) is 1. The van der Waals surface area contributed by atoms with Gasteiger partial charge in [-0.25, -0.2) is 14.8 Å². The molecule has 0 radical (unpaired) electrons. The molecule has 31 heavy (non-hydrogen) atoms. The van der Waals surface area contributed by atoms with E-state index in [2.05, 4.69) is 17.1 Å². The van der Waals surface area contributed by atoms with Crippen LogP contribution >= 0.6 is 11.3 Å². The van der Waals surface area contributed by atoms with E-state index in [1.54, 1.807) is 11.8 Å². The number of hydrogen-bond acceptors (Lipinski definition) is 7. The number of rotatable bonds is 6. The van der Waals surface area contributed by atoms with E-state index < -0.39 is 5.97 Å². The predicted octanol–water partition coefficient (Wildman–Crippen LogP) is 2.92. The molecule has 4 rings (SSSR count). The summed E-state index contributed by atoms with van der Waals surface area (Å²) in [4.78, 5) is 40.4. The van der Waals surface area contributed by atoms with Gasteiger partial charge in [-0.3, -0.25) is 4.79 Å². The Morgan fingerprint density at radius 1 is 1.10 bits per heavy atom. The van der Waals surface area contributed by atoms with Crippen molar-refractivity contribution in [1.82, 2.24) is 20.2 Å². The number of piperazine rings is 1. The zero-order valence-corrected chi connectivity index (χ0v) is 19.2. The van der Waals surface area contributed by atoms with Crippen LogP contribution in [0.4, 0.5) is 10.6 Å². The summed E-state index contributed by atoms with van der Waals surface area (Å²) in [6, 6.07) is -0.222. The van der Waals surface area contributed by atoms with E-state index in [4.69, 9.17) is 14.7 Å². The molecule has 1 aliphatic heterocycles. The fourth-order valence-corrected chi connectivity index (χ4v) is 5.61. The van der Waals surface area contributed by atoms with Crippen molar-refractivity contribution in [2.45, 2.75) is 52.4 Å². The van der Waals surface area contributed by atoms with Gasteiger partial charge in [0.1, 0.15) is 23.0 Å². The Morgan fingerprint density at radius 2 is 1.87 bits per heavy atom. The summed E-state index contributed by atoms with van der Waals surface area (Å²) < 4.78 is 4.87. The Kier molecular flexibility index (Phi) is 6.89. The van der Waals surface area contributed by atoms with Crippen LogP contribution in [0.1, 0.15) is 49.4 Å². The first-order chi connectivity index (χ1) is 15.1. The number of fused-ring (bicyclic) bond motifs is 3. The summed E-state index contributed by atoms with van der Waals surface area (Å²) >= 11 is 1.84. The van der Waals surface area contributed by atoms with E-state index in [-0.39, 0.29) is 12.6 Å². The zero-order chi connectivity index (χ0) is 21.8. The number of aromatic nitrogens is 2. The minimum Gasteiger partial charge on any atom is -0.465 e. The Morgan fingerprint density at radius 3 is 2.61 bits per heavy atom. The molecule has 0 spiro atoms. The Hall–Kier alpha value is -2.42. The average Bonchev–Trinajstić information content (AvgIpc) is 3.16. The van der Waals surface area contributed by atoms with Crippen LogP contribution in [-0.4, -0.2) is 66.2 Å². The van der Waals surface area contributed by atoms with E-state index in [1.165, 1.54) is 28.7 Å². The molecule has 2 amide bonds. The Bertz CT molecular complexity index is 952. The van der Waals surface area contributed by atoms with Crippen LogP contribution < -0.4 is 10.2 Å². The summed E-state index contributed by atoms with van der Waals surface area (Å²) in [5.41, 5.74) is 1.44. The third-order valence-electron chi connectivity index (χ3n) is 5.87. The smallest absolute Gasteiger partial charge is 0.325 e. The highest BCUT2D eigenvalue weighted by atomic mass is 32.1. The number of ether oxygens (including phenoxy) is 1. The molecule has 1 N–H and O–H groups in total. The van der Waals surface area contributed by atoms with Crippen LogP contribution in [0.25, 0.3) is 10.2 Å². The number of hydrogen-bond donors (Lipinski definition) is 1. The van der Waals surface area contributed by atoms with Gasteiger partial charge in [-0.15, -0.1) is 11.3 Å². The Labute approximate surface area is 187 Å². The van der Waals surface area contributed by atoms with Crippen molar-refractivity contribution in [3.8, 4) is 0 Å². The number of esters is 1. The number of carbonyl (C=O) groups is 2. The molecule has 2 aromatic heterocycles. The maximum Gasteiger partial charge on any atom is 0.325 e.